The summed E-state index contributed by atoms with van der Waals surface area (Å²) in [4.78, 5) is 12.7. The van der Waals surface area contributed by atoms with Crippen LogP contribution in [0.2, 0.25) is 5.02 Å². The number of rotatable bonds is 7. The molecule has 1 aromatic carbocycles. The first-order valence-corrected chi connectivity index (χ1v) is 10.3. The van der Waals surface area contributed by atoms with Crippen molar-refractivity contribution in [2.24, 2.45) is 5.41 Å². The molecule has 1 fully saturated rings. The predicted octanol–water partition coefficient (Wildman–Crippen LogP) is 3.04. The summed E-state index contributed by atoms with van der Waals surface area (Å²) in [7, 11) is -3.47. The Bertz CT molecular complexity index is 734. The molecule has 1 heterocycles. The molecule has 2 rings (SSSR count). The van der Waals surface area contributed by atoms with Crippen LogP contribution in [0, 0.1) is 5.41 Å². The van der Waals surface area contributed by atoms with Crippen LogP contribution in [-0.2, 0) is 26.0 Å². The van der Waals surface area contributed by atoms with E-state index in [4.69, 9.17) is 16.3 Å². The average Bonchev–Trinajstić information content (AvgIpc) is 2.55. The lowest BCUT2D eigenvalue weighted by Gasteiger charge is -2.40. The Kier molecular flexibility index (Phi) is 6.65. The van der Waals surface area contributed by atoms with Crippen molar-refractivity contribution < 1.29 is 17.9 Å². The maximum Gasteiger partial charge on any atom is 0.313 e. The molecule has 0 bridgehead atoms. The number of carbonyl (C=O) groups is 1. The van der Waals surface area contributed by atoms with Gasteiger partial charge < -0.3 is 4.74 Å². The number of esters is 1. The molecule has 0 radical (unpaired) electrons. The van der Waals surface area contributed by atoms with E-state index >= 15 is 0 Å². The van der Waals surface area contributed by atoms with Crippen molar-refractivity contribution >= 4 is 27.6 Å². The molecule has 138 valence electrons. The minimum absolute atomic E-state index is 0.120. The van der Waals surface area contributed by atoms with E-state index in [2.05, 4.69) is 6.58 Å². The van der Waals surface area contributed by atoms with Crippen LogP contribution in [0.1, 0.15) is 25.3 Å². The molecule has 1 atom stereocenters. The topological polar surface area (TPSA) is 63.7 Å². The highest BCUT2D eigenvalue weighted by Gasteiger charge is 2.46. The van der Waals surface area contributed by atoms with Gasteiger partial charge >= 0.3 is 5.97 Å². The lowest BCUT2D eigenvalue weighted by Crippen LogP contribution is -2.52. The first-order valence-electron chi connectivity index (χ1n) is 8.33. The van der Waals surface area contributed by atoms with Crippen molar-refractivity contribution in [1.29, 1.82) is 0 Å². The van der Waals surface area contributed by atoms with E-state index in [1.165, 1.54) is 10.4 Å². The molecule has 0 amide bonds. The molecule has 25 heavy (non-hydrogen) atoms. The van der Waals surface area contributed by atoms with Crippen LogP contribution in [-0.4, -0.2) is 44.1 Å². The Morgan fingerprint density at radius 3 is 2.88 bits per heavy atom. The van der Waals surface area contributed by atoms with Gasteiger partial charge in [0.05, 0.1) is 17.8 Å². The largest absolute Gasteiger partial charge is 0.466 e. The number of hydrogen-bond acceptors (Lipinski definition) is 4. The van der Waals surface area contributed by atoms with Gasteiger partial charge in [0, 0.05) is 18.1 Å². The van der Waals surface area contributed by atoms with Crippen molar-refractivity contribution in [1.82, 2.24) is 4.31 Å². The molecule has 1 unspecified atom stereocenters. The van der Waals surface area contributed by atoms with Crippen LogP contribution >= 0.6 is 11.6 Å². The van der Waals surface area contributed by atoms with E-state index in [1.807, 2.05) is 12.1 Å². The maximum absolute atomic E-state index is 12.7. The first-order chi connectivity index (χ1) is 11.8. The molecular weight excluding hydrogens is 362 g/mol. The van der Waals surface area contributed by atoms with Gasteiger partial charge in [-0.1, -0.05) is 29.8 Å². The molecule has 0 N–H and O–H groups in total. The van der Waals surface area contributed by atoms with E-state index < -0.39 is 15.4 Å². The zero-order valence-corrected chi connectivity index (χ0v) is 16.0. The Morgan fingerprint density at radius 1 is 1.48 bits per heavy atom. The number of piperidine rings is 1. The fraction of sp³-hybridized carbons (Fsp3) is 0.500. The maximum atomic E-state index is 12.7. The van der Waals surface area contributed by atoms with Crippen LogP contribution in [0.15, 0.2) is 36.9 Å². The highest BCUT2D eigenvalue weighted by Crippen LogP contribution is 2.36. The number of carbonyl (C=O) groups excluding carboxylic acids is 1. The summed E-state index contributed by atoms with van der Waals surface area (Å²) < 4.78 is 31.6. The minimum atomic E-state index is -3.47. The molecule has 0 saturated carbocycles. The van der Waals surface area contributed by atoms with Gasteiger partial charge in [-0.3, -0.25) is 4.79 Å². The number of nitrogens with zero attached hydrogens (tertiary/aromatic N) is 1. The SMILES string of the molecule is C=CCS(=O)(=O)N1CCCC(Cc2cccc(Cl)c2)(C(=O)OCC)C1. The van der Waals surface area contributed by atoms with Gasteiger partial charge in [0.1, 0.15) is 0 Å². The summed E-state index contributed by atoms with van der Waals surface area (Å²) in [6.45, 7) is 6.05. The molecule has 1 aliphatic rings. The fourth-order valence-electron chi connectivity index (χ4n) is 3.29. The standard InChI is InChI=1S/C18H24ClNO4S/c1-3-11-25(22,23)20-10-6-9-18(14-20,17(21)24-4-2)13-15-7-5-8-16(19)12-15/h3,5,7-8,12H,1,4,6,9-11,13-14H2,2H3. The van der Waals surface area contributed by atoms with Gasteiger partial charge in [0.2, 0.25) is 10.0 Å². The summed E-state index contributed by atoms with van der Waals surface area (Å²) in [5, 5.41) is 0.587. The van der Waals surface area contributed by atoms with Gasteiger partial charge in [0.25, 0.3) is 0 Å². The summed E-state index contributed by atoms with van der Waals surface area (Å²) in [5.74, 6) is -0.489. The summed E-state index contributed by atoms with van der Waals surface area (Å²) in [5.41, 5.74) is -0.00350. The number of sulfonamides is 1. The van der Waals surface area contributed by atoms with Crippen LogP contribution < -0.4 is 0 Å². The highest BCUT2D eigenvalue weighted by molar-refractivity contribution is 7.89. The second-order valence-corrected chi connectivity index (χ2v) is 8.76. The third kappa shape index (κ3) is 4.84. The quantitative estimate of drug-likeness (QED) is 0.534. The van der Waals surface area contributed by atoms with Gasteiger partial charge in [-0.15, -0.1) is 6.58 Å². The van der Waals surface area contributed by atoms with Crippen molar-refractivity contribution in [2.45, 2.75) is 26.2 Å². The molecular formula is C18H24ClNO4S. The monoisotopic (exact) mass is 385 g/mol. The van der Waals surface area contributed by atoms with E-state index in [1.54, 1.807) is 19.1 Å². The molecule has 1 saturated heterocycles. The summed E-state index contributed by atoms with van der Waals surface area (Å²) in [6, 6.07) is 7.29. The Hall–Kier alpha value is -1.37. The molecule has 7 heteroatoms. The lowest BCUT2D eigenvalue weighted by molar-refractivity contribution is -0.157. The van der Waals surface area contributed by atoms with E-state index in [0.717, 1.165) is 5.56 Å². The zero-order valence-electron chi connectivity index (χ0n) is 14.4. The van der Waals surface area contributed by atoms with Crippen LogP contribution in [0.25, 0.3) is 0 Å². The zero-order chi connectivity index (χ0) is 18.5. The Labute approximate surface area is 154 Å². The number of benzene rings is 1. The summed E-state index contributed by atoms with van der Waals surface area (Å²) in [6.07, 6.45) is 2.95. The van der Waals surface area contributed by atoms with Crippen LogP contribution in [0.4, 0.5) is 0 Å². The van der Waals surface area contributed by atoms with Crippen molar-refractivity contribution in [2.75, 3.05) is 25.4 Å². The van der Waals surface area contributed by atoms with Gasteiger partial charge in [-0.25, -0.2) is 12.7 Å². The molecule has 0 spiro atoms. The second kappa shape index (κ2) is 8.34. The molecule has 1 aromatic rings. The fourth-order valence-corrected chi connectivity index (χ4v) is 4.86. The third-order valence-electron chi connectivity index (χ3n) is 4.40. The number of hydrogen-bond donors (Lipinski definition) is 0. The van der Waals surface area contributed by atoms with Crippen LogP contribution in [0.3, 0.4) is 0 Å². The average molecular weight is 386 g/mol. The molecule has 5 nitrogen and oxygen atoms in total. The van der Waals surface area contributed by atoms with Gasteiger partial charge in [-0.2, -0.15) is 0 Å². The van der Waals surface area contributed by atoms with Gasteiger partial charge in [0.15, 0.2) is 0 Å². The number of ether oxygens (including phenoxy) is 1. The summed E-state index contributed by atoms with van der Waals surface area (Å²) >= 11 is 6.06. The van der Waals surface area contributed by atoms with E-state index in [9.17, 15) is 13.2 Å². The lowest BCUT2D eigenvalue weighted by atomic mass is 9.75. The second-order valence-electron chi connectivity index (χ2n) is 6.31. The predicted molar refractivity (Wildman–Crippen MR) is 99.0 cm³/mol. The first kappa shape index (κ1) is 19.9. The van der Waals surface area contributed by atoms with Gasteiger partial charge in [-0.05, 0) is 43.9 Å². The third-order valence-corrected chi connectivity index (χ3v) is 6.39. The van der Waals surface area contributed by atoms with Crippen molar-refractivity contribution in [3.63, 3.8) is 0 Å². The normalized spacial score (nSPS) is 21.7. The van der Waals surface area contributed by atoms with Crippen LogP contribution in [0.5, 0.6) is 0 Å². The highest BCUT2D eigenvalue weighted by atomic mass is 35.5. The van der Waals surface area contributed by atoms with E-state index in [-0.39, 0.29) is 24.9 Å². The molecule has 0 aromatic heterocycles. The molecule has 0 aliphatic carbocycles. The van der Waals surface area contributed by atoms with Crippen molar-refractivity contribution in [3.8, 4) is 0 Å². The Morgan fingerprint density at radius 2 is 2.24 bits per heavy atom. The molecule has 1 aliphatic heterocycles. The Balaban J connectivity index is 2.34. The smallest absolute Gasteiger partial charge is 0.313 e. The number of halogens is 1. The van der Waals surface area contributed by atoms with E-state index in [0.29, 0.717) is 30.8 Å². The minimum Gasteiger partial charge on any atom is -0.466 e. The van der Waals surface area contributed by atoms with Crippen molar-refractivity contribution in [3.05, 3.63) is 47.5 Å².